The van der Waals surface area contributed by atoms with E-state index in [0.717, 1.165) is 63.1 Å². The minimum atomic E-state index is -0.807. The van der Waals surface area contributed by atoms with Gasteiger partial charge in [0.1, 0.15) is 5.75 Å². The van der Waals surface area contributed by atoms with Crippen LogP contribution in [0.2, 0.25) is 0 Å². The molecule has 0 unspecified atom stereocenters. The summed E-state index contributed by atoms with van der Waals surface area (Å²) in [7, 11) is 1.63. The molecule has 3 fully saturated rings. The summed E-state index contributed by atoms with van der Waals surface area (Å²) < 4.78 is 10.7. The smallest absolute Gasteiger partial charge is 0.407 e. The third kappa shape index (κ3) is 6.38. The molecule has 2 amide bonds. The number of aromatic nitrogens is 2. The van der Waals surface area contributed by atoms with Crippen LogP contribution in [0.5, 0.6) is 5.75 Å². The van der Waals surface area contributed by atoms with Gasteiger partial charge in [-0.25, -0.2) is 4.79 Å². The van der Waals surface area contributed by atoms with E-state index in [4.69, 9.17) is 9.26 Å². The van der Waals surface area contributed by atoms with Gasteiger partial charge in [0.15, 0.2) is 0 Å². The normalized spacial score (nSPS) is 23.0. The van der Waals surface area contributed by atoms with Gasteiger partial charge in [0.05, 0.1) is 7.11 Å². The third-order valence-electron chi connectivity index (χ3n) is 8.14. The largest absolute Gasteiger partial charge is 0.497 e. The summed E-state index contributed by atoms with van der Waals surface area (Å²) in [6.07, 6.45) is 3.81. The number of ether oxygens (including phenoxy) is 1. The molecule has 1 aromatic heterocycles. The van der Waals surface area contributed by atoms with Crippen LogP contribution >= 0.6 is 0 Å². The maximum absolute atomic E-state index is 12.9. The predicted octanol–water partition coefficient (Wildman–Crippen LogP) is 2.79. The Morgan fingerprint density at radius 2 is 1.84 bits per heavy atom. The molecule has 2 N–H and O–H groups in total. The minimum Gasteiger partial charge on any atom is -0.497 e. The average molecular weight is 527 g/mol. The number of anilines is 1. The molecule has 4 heterocycles. The Kier molecular flexibility index (Phi) is 8.31. The standard InChI is InChI=1S/C27H38N6O5/c1-37-23-6-4-21(5-7-23)24-29-26(38-30-24)32-13-9-22(10-14-32)25(34)28-15-19-8-12-31(16-19)17-20-3-2-11-33(18-20)27(35)36/h4-7,19-20,22H,2-3,8-18H2,1H3,(H,28,34)(H,35,36)/t19-,20+/m0/s1. The zero-order chi connectivity index (χ0) is 26.5. The molecule has 3 saturated heterocycles. The molecule has 0 saturated carbocycles. The Balaban J connectivity index is 1.02. The Morgan fingerprint density at radius 1 is 1.05 bits per heavy atom. The average Bonchev–Trinajstić information content (AvgIpc) is 3.62. The Bertz CT molecular complexity index is 1080. The van der Waals surface area contributed by atoms with E-state index in [-0.39, 0.29) is 11.8 Å². The number of nitrogens with one attached hydrogen (secondary N) is 1. The maximum atomic E-state index is 12.9. The number of benzene rings is 1. The van der Waals surface area contributed by atoms with Gasteiger partial charge in [-0.05, 0) is 74.8 Å². The zero-order valence-electron chi connectivity index (χ0n) is 22.1. The lowest BCUT2D eigenvalue weighted by Gasteiger charge is -2.33. The van der Waals surface area contributed by atoms with Crippen molar-refractivity contribution in [2.45, 2.75) is 32.1 Å². The molecule has 3 aliphatic rings. The first-order chi connectivity index (χ1) is 18.5. The number of carbonyl (C=O) groups excluding carboxylic acids is 1. The number of methoxy groups -OCH3 is 1. The quantitative estimate of drug-likeness (QED) is 0.534. The van der Waals surface area contributed by atoms with Gasteiger partial charge in [0, 0.05) is 57.3 Å². The van der Waals surface area contributed by atoms with Gasteiger partial charge in [0.25, 0.3) is 0 Å². The van der Waals surface area contributed by atoms with Crippen LogP contribution < -0.4 is 15.0 Å². The van der Waals surface area contributed by atoms with E-state index in [1.54, 1.807) is 12.0 Å². The summed E-state index contributed by atoms with van der Waals surface area (Å²) in [5.41, 5.74) is 0.863. The number of hydrogen-bond donors (Lipinski definition) is 2. The molecule has 2 aromatic rings. The second-order valence-electron chi connectivity index (χ2n) is 10.8. The summed E-state index contributed by atoms with van der Waals surface area (Å²) in [5, 5.41) is 16.6. The lowest BCUT2D eigenvalue weighted by Crippen LogP contribution is -2.43. The fourth-order valence-corrected chi connectivity index (χ4v) is 5.92. The van der Waals surface area contributed by atoms with Crippen molar-refractivity contribution in [3.63, 3.8) is 0 Å². The van der Waals surface area contributed by atoms with Crippen LogP contribution in [0.4, 0.5) is 10.8 Å². The monoisotopic (exact) mass is 526 g/mol. The number of amides is 2. The maximum Gasteiger partial charge on any atom is 0.407 e. The summed E-state index contributed by atoms with van der Waals surface area (Å²) in [6.45, 7) is 6.33. The van der Waals surface area contributed by atoms with E-state index in [2.05, 4.69) is 25.3 Å². The number of likely N-dealkylation sites (tertiary alicyclic amines) is 2. The van der Waals surface area contributed by atoms with Crippen LogP contribution in [0.1, 0.15) is 32.1 Å². The highest BCUT2D eigenvalue weighted by Gasteiger charge is 2.31. The van der Waals surface area contributed by atoms with Crippen molar-refractivity contribution in [3.8, 4) is 17.1 Å². The molecule has 0 bridgehead atoms. The highest BCUT2D eigenvalue weighted by Crippen LogP contribution is 2.26. The fourth-order valence-electron chi connectivity index (χ4n) is 5.92. The number of carbonyl (C=O) groups is 2. The SMILES string of the molecule is COc1ccc(-c2noc(N3CCC(C(=O)NC[C@@H]4CCN(C[C@H]5CCCN(C(=O)O)C5)C4)CC3)n2)cc1. The summed E-state index contributed by atoms with van der Waals surface area (Å²) >= 11 is 0. The van der Waals surface area contributed by atoms with Crippen LogP contribution in [0.15, 0.2) is 28.8 Å². The van der Waals surface area contributed by atoms with Crippen molar-refractivity contribution >= 4 is 18.0 Å². The molecule has 206 valence electrons. The molecular weight excluding hydrogens is 488 g/mol. The summed E-state index contributed by atoms with van der Waals surface area (Å²) in [4.78, 5) is 34.7. The van der Waals surface area contributed by atoms with Crippen LogP contribution in [0.3, 0.4) is 0 Å². The van der Waals surface area contributed by atoms with E-state index in [1.165, 1.54) is 0 Å². The molecular formula is C27H38N6O5. The van der Waals surface area contributed by atoms with E-state index >= 15 is 0 Å². The van der Waals surface area contributed by atoms with Gasteiger partial charge >= 0.3 is 12.1 Å². The number of carboxylic acid groups (broad SMARTS) is 1. The Labute approximate surface area is 223 Å². The lowest BCUT2D eigenvalue weighted by molar-refractivity contribution is -0.125. The van der Waals surface area contributed by atoms with Crippen LogP contribution in [0, 0.1) is 17.8 Å². The van der Waals surface area contributed by atoms with E-state index in [1.807, 2.05) is 24.3 Å². The first-order valence-corrected chi connectivity index (χ1v) is 13.7. The lowest BCUT2D eigenvalue weighted by atomic mass is 9.96. The first-order valence-electron chi connectivity index (χ1n) is 13.7. The van der Waals surface area contributed by atoms with Gasteiger partial charge < -0.3 is 34.4 Å². The van der Waals surface area contributed by atoms with Gasteiger partial charge in [-0.3, -0.25) is 4.79 Å². The number of piperidine rings is 2. The molecule has 5 rings (SSSR count). The first kappa shape index (κ1) is 26.3. The predicted molar refractivity (Wildman–Crippen MR) is 141 cm³/mol. The highest BCUT2D eigenvalue weighted by atomic mass is 16.5. The third-order valence-corrected chi connectivity index (χ3v) is 8.14. The van der Waals surface area contributed by atoms with Gasteiger partial charge in [0.2, 0.25) is 11.7 Å². The topological polar surface area (TPSA) is 124 Å². The van der Waals surface area contributed by atoms with Crippen molar-refractivity contribution in [2.24, 2.45) is 17.8 Å². The van der Waals surface area contributed by atoms with E-state index in [9.17, 15) is 14.7 Å². The molecule has 1 aromatic carbocycles. The van der Waals surface area contributed by atoms with Crippen LogP contribution in [-0.4, -0.2) is 96.5 Å². The van der Waals surface area contributed by atoms with Gasteiger partial charge in [-0.15, -0.1) is 0 Å². The molecule has 11 nitrogen and oxygen atoms in total. The van der Waals surface area contributed by atoms with Crippen molar-refractivity contribution in [3.05, 3.63) is 24.3 Å². The second kappa shape index (κ2) is 12.0. The van der Waals surface area contributed by atoms with Crippen molar-refractivity contribution < 1.29 is 24.0 Å². The number of nitrogens with zero attached hydrogens (tertiary/aromatic N) is 5. The van der Waals surface area contributed by atoms with Gasteiger partial charge in [-0.1, -0.05) is 5.16 Å². The molecule has 11 heteroatoms. The molecule has 0 spiro atoms. The zero-order valence-corrected chi connectivity index (χ0v) is 22.1. The number of hydrogen-bond acceptors (Lipinski definition) is 8. The summed E-state index contributed by atoms with van der Waals surface area (Å²) in [5.74, 6) is 2.30. The minimum absolute atomic E-state index is 0.00280. The summed E-state index contributed by atoms with van der Waals surface area (Å²) in [6, 6.07) is 8.02. The van der Waals surface area contributed by atoms with Gasteiger partial charge in [-0.2, -0.15) is 4.98 Å². The molecule has 38 heavy (non-hydrogen) atoms. The molecule has 0 radical (unpaired) electrons. The molecule has 0 aliphatic carbocycles. The van der Waals surface area contributed by atoms with Crippen molar-refractivity contribution in [2.75, 3.05) is 64.4 Å². The Morgan fingerprint density at radius 3 is 2.58 bits per heavy atom. The number of rotatable bonds is 8. The van der Waals surface area contributed by atoms with Crippen molar-refractivity contribution in [1.29, 1.82) is 0 Å². The van der Waals surface area contributed by atoms with Crippen LogP contribution in [0.25, 0.3) is 11.4 Å². The molecule has 2 atom stereocenters. The van der Waals surface area contributed by atoms with Crippen LogP contribution in [-0.2, 0) is 4.79 Å². The van der Waals surface area contributed by atoms with E-state index < -0.39 is 6.09 Å². The van der Waals surface area contributed by atoms with Crippen molar-refractivity contribution in [1.82, 2.24) is 25.3 Å². The van der Waals surface area contributed by atoms with E-state index in [0.29, 0.717) is 56.4 Å². The fraction of sp³-hybridized carbons (Fsp3) is 0.630. The highest BCUT2D eigenvalue weighted by molar-refractivity contribution is 5.79. The second-order valence-corrected chi connectivity index (χ2v) is 10.8. The molecule has 3 aliphatic heterocycles. The Hall–Kier alpha value is -3.34.